The van der Waals surface area contributed by atoms with E-state index in [1.54, 1.807) is 0 Å². The van der Waals surface area contributed by atoms with Crippen molar-refractivity contribution in [3.8, 4) is 0 Å². The van der Waals surface area contributed by atoms with Gasteiger partial charge in [-0.3, -0.25) is 4.79 Å². The largest absolute Gasteiger partial charge is 0.368 e. The minimum atomic E-state index is -0.592. The molecule has 1 aromatic carbocycles. The molecule has 0 aliphatic heterocycles. The highest BCUT2D eigenvalue weighted by molar-refractivity contribution is 5.79. The molecule has 15 heavy (non-hydrogen) atoms. The number of benzene rings is 1. The molecule has 4 N–H and O–H groups in total. The highest BCUT2D eigenvalue weighted by Gasteiger charge is 2.12. The molecule has 1 amide bonds. The lowest BCUT2D eigenvalue weighted by Gasteiger charge is -2.12. The van der Waals surface area contributed by atoms with Crippen LogP contribution in [0.3, 0.4) is 0 Å². The lowest BCUT2D eigenvalue weighted by Crippen LogP contribution is -2.38. The first-order valence-electron chi connectivity index (χ1n) is 5.03. The summed E-state index contributed by atoms with van der Waals surface area (Å²) >= 11 is 0. The van der Waals surface area contributed by atoms with Crippen molar-refractivity contribution < 1.29 is 4.79 Å². The molecule has 3 nitrogen and oxygen atoms in total. The molecule has 0 bridgehead atoms. The molecule has 0 saturated heterocycles. The Labute approximate surface area is 90.5 Å². The number of hydrogen-bond acceptors (Lipinski definition) is 2. The SMILES string of the molecule is Cc1cc(C)c(CC(N)C(N)=O)cc1C. The van der Waals surface area contributed by atoms with Crippen molar-refractivity contribution in [1.29, 1.82) is 0 Å². The van der Waals surface area contributed by atoms with Gasteiger partial charge >= 0.3 is 0 Å². The number of primary amides is 1. The summed E-state index contributed by atoms with van der Waals surface area (Å²) in [6, 6.07) is 3.59. The maximum absolute atomic E-state index is 10.9. The zero-order valence-corrected chi connectivity index (χ0v) is 9.50. The number of carbonyl (C=O) groups is 1. The van der Waals surface area contributed by atoms with Crippen molar-refractivity contribution in [2.45, 2.75) is 33.2 Å². The highest BCUT2D eigenvalue weighted by Crippen LogP contribution is 2.16. The van der Waals surface area contributed by atoms with Crippen molar-refractivity contribution in [1.82, 2.24) is 0 Å². The number of hydrogen-bond donors (Lipinski definition) is 2. The van der Waals surface area contributed by atoms with Gasteiger partial charge in [0.05, 0.1) is 6.04 Å². The molecule has 0 aliphatic rings. The van der Waals surface area contributed by atoms with Gasteiger partial charge in [-0.15, -0.1) is 0 Å². The van der Waals surface area contributed by atoms with Crippen LogP contribution in [0.2, 0.25) is 0 Å². The number of carbonyl (C=O) groups excluding carboxylic acids is 1. The van der Waals surface area contributed by atoms with Crippen LogP contribution in [0.4, 0.5) is 0 Å². The normalized spacial score (nSPS) is 12.5. The van der Waals surface area contributed by atoms with Gasteiger partial charge in [0.25, 0.3) is 0 Å². The summed E-state index contributed by atoms with van der Waals surface area (Å²) in [5.41, 5.74) is 15.5. The number of amides is 1. The summed E-state index contributed by atoms with van der Waals surface area (Å²) in [6.07, 6.45) is 0.516. The highest BCUT2D eigenvalue weighted by atomic mass is 16.1. The molecule has 0 fully saturated rings. The summed E-state index contributed by atoms with van der Waals surface area (Å²) in [5.74, 6) is -0.451. The third kappa shape index (κ3) is 2.80. The van der Waals surface area contributed by atoms with Gasteiger partial charge in [0.2, 0.25) is 5.91 Å². The molecule has 1 aromatic rings. The van der Waals surface area contributed by atoms with Crippen LogP contribution in [0.5, 0.6) is 0 Å². The predicted molar refractivity (Wildman–Crippen MR) is 61.5 cm³/mol. The third-order valence-electron chi connectivity index (χ3n) is 2.76. The van der Waals surface area contributed by atoms with E-state index in [-0.39, 0.29) is 0 Å². The van der Waals surface area contributed by atoms with Crippen molar-refractivity contribution in [2.75, 3.05) is 0 Å². The second-order valence-electron chi connectivity index (χ2n) is 4.08. The van der Waals surface area contributed by atoms with E-state index in [0.717, 1.165) is 11.1 Å². The standard InChI is InChI=1S/C12H18N2O/c1-7-4-9(3)10(5-8(7)2)6-11(13)12(14)15/h4-5,11H,6,13H2,1-3H3,(H2,14,15). The molecular formula is C12H18N2O. The van der Waals surface area contributed by atoms with E-state index in [1.165, 1.54) is 11.1 Å². The Kier molecular flexibility index (Phi) is 3.48. The van der Waals surface area contributed by atoms with Crippen molar-refractivity contribution in [3.63, 3.8) is 0 Å². The van der Waals surface area contributed by atoms with E-state index in [9.17, 15) is 4.79 Å². The molecule has 1 rings (SSSR count). The Hall–Kier alpha value is -1.35. The fraction of sp³-hybridized carbons (Fsp3) is 0.417. The molecule has 3 heteroatoms. The van der Waals surface area contributed by atoms with Crippen molar-refractivity contribution >= 4 is 5.91 Å². The summed E-state index contributed by atoms with van der Waals surface area (Å²) in [6.45, 7) is 6.14. The van der Waals surface area contributed by atoms with E-state index < -0.39 is 11.9 Å². The first kappa shape index (κ1) is 11.7. The molecule has 1 atom stereocenters. The van der Waals surface area contributed by atoms with Gasteiger partial charge in [0.1, 0.15) is 0 Å². The summed E-state index contributed by atoms with van der Waals surface area (Å²) < 4.78 is 0. The molecular weight excluding hydrogens is 188 g/mol. The van der Waals surface area contributed by atoms with Crippen LogP contribution in [0.1, 0.15) is 22.3 Å². The molecule has 0 spiro atoms. The van der Waals surface area contributed by atoms with E-state index in [2.05, 4.69) is 19.1 Å². The van der Waals surface area contributed by atoms with E-state index in [4.69, 9.17) is 11.5 Å². The van der Waals surface area contributed by atoms with Crippen LogP contribution in [0.15, 0.2) is 12.1 Å². The minimum Gasteiger partial charge on any atom is -0.368 e. The zero-order valence-electron chi connectivity index (χ0n) is 9.50. The van der Waals surface area contributed by atoms with Crippen LogP contribution in [-0.4, -0.2) is 11.9 Å². The third-order valence-corrected chi connectivity index (χ3v) is 2.76. The van der Waals surface area contributed by atoms with E-state index in [0.29, 0.717) is 6.42 Å². The zero-order chi connectivity index (χ0) is 11.6. The van der Waals surface area contributed by atoms with Gasteiger partial charge < -0.3 is 11.5 Å². The van der Waals surface area contributed by atoms with E-state index >= 15 is 0 Å². The van der Waals surface area contributed by atoms with E-state index in [1.807, 2.05) is 13.8 Å². The molecule has 0 radical (unpaired) electrons. The molecule has 0 heterocycles. The topological polar surface area (TPSA) is 69.1 Å². The average molecular weight is 206 g/mol. The smallest absolute Gasteiger partial charge is 0.234 e. The van der Waals surface area contributed by atoms with Crippen LogP contribution in [0, 0.1) is 20.8 Å². The Morgan fingerprint density at radius 2 is 1.73 bits per heavy atom. The van der Waals surface area contributed by atoms with Gasteiger partial charge in [-0.1, -0.05) is 12.1 Å². The fourth-order valence-electron chi connectivity index (χ4n) is 1.58. The number of aryl methyl sites for hydroxylation is 3. The molecule has 0 aromatic heterocycles. The Morgan fingerprint density at radius 1 is 1.20 bits per heavy atom. The van der Waals surface area contributed by atoms with Gasteiger partial charge in [0, 0.05) is 0 Å². The molecule has 0 aliphatic carbocycles. The minimum absolute atomic E-state index is 0.451. The number of rotatable bonds is 3. The second kappa shape index (κ2) is 4.45. The fourth-order valence-corrected chi connectivity index (χ4v) is 1.58. The summed E-state index contributed by atoms with van der Waals surface area (Å²) in [7, 11) is 0. The lowest BCUT2D eigenvalue weighted by molar-refractivity contribution is -0.119. The molecule has 82 valence electrons. The first-order chi connectivity index (χ1) is 6.91. The van der Waals surface area contributed by atoms with Gasteiger partial charge in [-0.05, 0) is 49.4 Å². The lowest BCUT2D eigenvalue weighted by atomic mass is 9.96. The van der Waals surface area contributed by atoms with Gasteiger partial charge in [-0.2, -0.15) is 0 Å². The maximum atomic E-state index is 10.9. The van der Waals surface area contributed by atoms with Crippen LogP contribution < -0.4 is 11.5 Å². The Morgan fingerprint density at radius 3 is 2.27 bits per heavy atom. The van der Waals surface area contributed by atoms with Gasteiger partial charge in [-0.25, -0.2) is 0 Å². The monoisotopic (exact) mass is 206 g/mol. The van der Waals surface area contributed by atoms with Gasteiger partial charge in [0.15, 0.2) is 0 Å². The average Bonchev–Trinajstić information content (AvgIpc) is 2.13. The molecule has 1 unspecified atom stereocenters. The Balaban J connectivity index is 2.95. The van der Waals surface area contributed by atoms with Crippen LogP contribution >= 0.6 is 0 Å². The van der Waals surface area contributed by atoms with Crippen LogP contribution in [0.25, 0.3) is 0 Å². The summed E-state index contributed by atoms with van der Waals surface area (Å²) in [4.78, 5) is 10.9. The quantitative estimate of drug-likeness (QED) is 0.773. The predicted octanol–water partition coefficient (Wildman–Crippen LogP) is 0.967. The second-order valence-corrected chi connectivity index (χ2v) is 4.08. The van der Waals surface area contributed by atoms with Crippen molar-refractivity contribution in [3.05, 3.63) is 34.4 Å². The molecule has 0 saturated carbocycles. The first-order valence-corrected chi connectivity index (χ1v) is 5.03. The summed E-state index contributed by atoms with van der Waals surface area (Å²) in [5, 5.41) is 0. The van der Waals surface area contributed by atoms with Crippen LogP contribution in [-0.2, 0) is 11.2 Å². The number of nitrogens with two attached hydrogens (primary N) is 2. The maximum Gasteiger partial charge on any atom is 0.234 e. The van der Waals surface area contributed by atoms with Crippen molar-refractivity contribution in [2.24, 2.45) is 11.5 Å². The Bertz CT molecular complexity index is 385.